The van der Waals surface area contributed by atoms with Gasteiger partial charge >= 0.3 is 0 Å². The zero-order valence-corrected chi connectivity index (χ0v) is 10.8. The molecule has 1 saturated carbocycles. The molecule has 6 heteroatoms. The molecule has 0 saturated heterocycles. The Morgan fingerprint density at radius 1 is 1.58 bits per heavy atom. The number of hydrogen-bond donors (Lipinski definition) is 2. The fourth-order valence-electron chi connectivity index (χ4n) is 2.00. The predicted molar refractivity (Wildman–Crippen MR) is 71.8 cm³/mol. The lowest BCUT2D eigenvalue weighted by atomic mass is 10.1. The third-order valence-electron chi connectivity index (χ3n) is 3.27. The minimum absolute atomic E-state index is 0.0895. The van der Waals surface area contributed by atoms with E-state index in [1.165, 1.54) is 6.07 Å². The van der Waals surface area contributed by atoms with Crippen molar-refractivity contribution >= 4 is 17.3 Å². The maximum absolute atomic E-state index is 11.8. The number of aryl methyl sites for hydroxylation is 1. The molecule has 6 nitrogen and oxygen atoms in total. The number of amides is 1. The molecule has 1 fully saturated rings. The SMILES string of the molecule is Cc1ccc(NC(=O)CC(N)C2CC2)c([N+](=O)[O-])c1. The highest BCUT2D eigenvalue weighted by atomic mass is 16.6. The van der Waals surface area contributed by atoms with Crippen LogP contribution >= 0.6 is 0 Å². The average molecular weight is 263 g/mol. The van der Waals surface area contributed by atoms with E-state index in [4.69, 9.17) is 5.73 Å². The molecule has 1 aliphatic rings. The van der Waals surface area contributed by atoms with Crippen molar-refractivity contribution in [1.29, 1.82) is 0 Å². The Kier molecular flexibility index (Phi) is 3.80. The monoisotopic (exact) mass is 263 g/mol. The van der Waals surface area contributed by atoms with Gasteiger partial charge < -0.3 is 11.1 Å². The van der Waals surface area contributed by atoms with Gasteiger partial charge in [-0.25, -0.2) is 0 Å². The minimum atomic E-state index is -0.497. The zero-order chi connectivity index (χ0) is 14.0. The topological polar surface area (TPSA) is 98.3 Å². The van der Waals surface area contributed by atoms with Gasteiger partial charge in [-0.2, -0.15) is 0 Å². The molecular weight excluding hydrogens is 246 g/mol. The Labute approximate surface area is 111 Å². The van der Waals surface area contributed by atoms with Gasteiger partial charge in [-0.05, 0) is 37.3 Å². The van der Waals surface area contributed by atoms with E-state index >= 15 is 0 Å². The summed E-state index contributed by atoms with van der Waals surface area (Å²) in [5.41, 5.74) is 6.77. The van der Waals surface area contributed by atoms with Gasteiger partial charge in [0.05, 0.1) is 4.92 Å². The number of hydrogen-bond acceptors (Lipinski definition) is 4. The second-order valence-electron chi connectivity index (χ2n) is 5.03. The minimum Gasteiger partial charge on any atom is -0.327 e. The molecule has 102 valence electrons. The van der Waals surface area contributed by atoms with Crippen LogP contribution in [0.1, 0.15) is 24.8 Å². The Morgan fingerprint density at radius 3 is 2.84 bits per heavy atom. The summed E-state index contributed by atoms with van der Waals surface area (Å²) in [6.45, 7) is 1.77. The number of carbonyl (C=O) groups is 1. The summed E-state index contributed by atoms with van der Waals surface area (Å²) in [5, 5.41) is 13.5. The molecule has 3 N–H and O–H groups in total. The van der Waals surface area contributed by atoms with E-state index in [1.54, 1.807) is 19.1 Å². The molecule has 19 heavy (non-hydrogen) atoms. The number of nitro groups is 1. The molecule has 0 aromatic heterocycles. The van der Waals surface area contributed by atoms with Crippen molar-refractivity contribution in [2.24, 2.45) is 11.7 Å². The van der Waals surface area contributed by atoms with E-state index in [0.29, 0.717) is 5.92 Å². The van der Waals surface area contributed by atoms with Gasteiger partial charge in [-0.1, -0.05) is 6.07 Å². The van der Waals surface area contributed by atoms with Crippen LogP contribution in [0.3, 0.4) is 0 Å². The van der Waals surface area contributed by atoms with Gasteiger partial charge in [0.15, 0.2) is 0 Å². The van der Waals surface area contributed by atoms with Crippen LogP contribution in [0.5, 0.6) is 0 Å². The van der Waals surface area contributed by atoms with Crippen molar-refractivity contribution in [3.8, 4) is 0 Å². The van der Waals surface area contributed by atoms with Crippen molar-refractivity contribution in [3.63, 3.8) is 0 Å². The van der Waals surface area contributed by atoms with Crippen LogP contribution in [0.4, 0.5) is 11.4 Å². The summed E-state index contributed by atoms with van der Waals surface area (Å²) in [7, 11) is 0. The highest BCUT2D eigenvalue weighted by Gasteiger charge is 2.30. The second-order valence-corrected chi connectivity index (χ2v) is 5.03. The number of nitro benzene ring substituents is 1. The van der Waals surface area contributed by atoms with E-state index in [1.807, 2.05) is 0 Å². The molecule has 1 aromatic carbocycles. The molecule has 0 bridgehead atoms. The summed E-state index contributed by atoms with van der Waals surface area (Å²) in [4.78, 5) is 22.2. The average Bonchev–Trinajstić information content (AvgIpc) is 3.15. The first-order valence-electron chi connectivity index (χ1n) is 6.28. The van der Waals surface area contributed by atoms with Crippen LogP contribution < -0.4 is 11.1 Å². The van der Waals surface area contributed by atoms with E-state index in [0.717, 1.165) is 18.4 Å². The van der Waals surface area contributed by atoms with E-state index in [-0.39, 0.29) is 29.7 Å². The smallest absolute Gasteiger partial charge is 0.293 e. The molecule has 0 heterocycles. The first-order chi connectivity index (χ1) is 8.97. The fourth-order valence-corrected chi connectivity index (χ4v) is 2.00. The standard InChI is InChI=1S/C13H17N3O3/c1-8-2-5-11(12(6-8)16(18)19)15-13(17)7-10(14)9-3-4-9/h2,5-6,9-10H,3-4,7,14H2,1H3,(H,15,17). The van der Waals surface area contributed by atoms with Crippen molar-refractivity contribution < 1.29 is 9.72 Å². The van der Waals surface area contributed by atoms with Gasteiger partial charge in [-0.15, -0.1) is 0 Å². The van der Waals surface area contributed by atoms with Crippen molar-refractivity contribution in [1.82, 2.24) is 0 Å². The summed E-state index contributed by atoms with van der Waals surface area (Å²) >= 11 is 0. The van der Waals surface area contributed by atoms with Gasteiger partial charge in [0.2, 0.25) is 5.91 Å². The molecular formula is C13H17N3O3. The third-order valence-corrected chi connectivity index (χ3v) is 3.27. The fraction of sp³-hybridized carbons (Fsp3) is 0.462. The highest BCUT2D eigenvalue weighted by Crippen LogP contribution is 2.33. The van der Waals surface area contributed by atoms with Crippen molar-refractivity contribution in [3.05, 3.63) is 33.9 Å². The maximum atomic E-state index is 11.8. The lowest BCUT2D eigenvalue weighted by molar-refractivity contribution is -0.384. The van der Waals surface area contributed by atoms with E-state index in [2.05, 4.69) is 5.32 Å². The molecule has 1 amide bonds. The van der Waals surface area contributed by atoms with Crippen LogP contribution in [0.2, 0.25) is 0 Å². The van der Waals surface area contributed by atoms with Gasteiger partial charge in [0.1, 0.15) is 5.69 Å². The van der Waals surface area contributed by atoms with Gasteiger partial charge in [0.25, 0.3) is 5.69 Å². The van der Waals surface area contributed by atoms with Crippen LogP contribution in [0.15, 0.2) is 18.2 Å². The lowest BCUT2D eigenvalue weighted by Crippen LogP contribution is -2.29. The quantitative estimate of drug-likeness (QED) is 0.626. The zero-order valence-electron chi connectivity index (χ0n) is 10.8. The molecule has 1 unspecified atom stereocenters. The number of rotatable bonds is 5. The van der Waals surface area contributed by atoms with Crippen LogP contribution in [-0.4, -0.2) is 16.9 Å². The predicted octanol–water partition coefficient (Wildman–Crippen LogP) is 1.97. The van der Waals surface area contributed by atoms with E-state index < -0.39 is 4.92 Å². The van der Waals surface area contributed by atoms with Gasteiger partial charge in [0, 0.05) is 18.5 Å². The first-order valence-corrected chi connectivity index (χ1v) is 6.28. The number of nitrogens with zero attached hydrogens (tertiary/aromatic N) is 1. The Hall–Kier alpha value is -1.95. The number of carbonyl (C=O) groups excluding carboxylic acids is 1. The summed E-state index contributed by atoms with van der Waals surface area (Å²) in [5.74, 6) is 0.158. The number of nitrogens with two attached hydrogens (primary N) is 1. The Morgan fingerprint density at radius 2 is 2.26 bits per heavy atom. The number of benzene rings is 1. The summed E-state index contributed by atoms with van der Waals surface area (Å²) in [6, 6.07) is 4.57. The van der Waals surface area contributed by atoms with Crippen molar-refractivity contribution in [2.45, 2.75) is 32.2 Å². The molecule has 1 atom stereocenters. The molecule has 2 rings (SSSR count). The van der Waals surface area contributed by atoms with Crippen LogP contribution in [0.25, 0.3) is 0 Å². The molecule has 1 aromatic rings. The number of anilines is 1. The van der Waals surface area contributed by atoms with Crippen molar-refractivity contribution in [2.75, 3.05) is 5.32 Å². The number of nitrogens with one attached hydrogen (secondary N) is 1. The molecule has 0 aliphatic heterocycles. The highest BCUT2D eigenvalue weighted by molar-refractivity contribution is 5.93. The summed E-state index contributed by atoms with van der Waals surface area (Å²) in [6.07, 6.45) is 2.34. The largest absolute Gasteiger partial charge is 0.327 e. The normalized spacial score (nSPS) is 15.9. The first kappa shape index (κ1) is 13.5. The van der Waals surface area contributed by atoms with Gasteiger partial charge in [-0.3, -0.25) is 14.9 Å². The second kappa shape index (κ2) is 5.36. The van der Waals surface area contributed by atoms with Crippen LogP contribution in [-0.2, 0) is 4.79 Å². The maximum Gasteiger partial charge on any atom is 0.293 e. The van der Waals surface area contributed by atoms with E-state index in [9.17, 15) is 14.9 Å². The molecule has 1 aliphatic carbocycles. The Balaban J connectivity index is 2.05. The lowest BCUT2D eigenvalue weighted by Gasteiger charge is -2.11. The molecule has 0 spiro atoms. The third kappa shape index (κ3) is 3.51. The van der Waals surface area contributed by atoms with Crippen LogP contribution in [0, 0.1) is 23.0 Å². The molecule has 0 radical (unpaired) electrons. The Bertz CT molecular complexity index is 512. The summed E-state index contributed by atoms with van der Waals surface area (Å²) < 4.78 is 0.